The molecule has 104 valence electrons. The zero-order valence-electron chi connectivity index (χ0n) is 13.3. The van der Waals surface area contributed by atoms with Crippen LogP contribution >= 0.6 is 11.3 Å². The predicted octanol–water partition coefficient (Wildman–Crippen LogP) is 4.26. The molecule has 3 heteroatoms. The Balaban J connectivity index is 3.76. The van der Waals surface area contributed by atoms with Crippen molar-refractivity contribution < 1.29 is 0 Å². The fourth-order valence-electron chi connectivity index (χ4n) is 2.17. The summed E-state index contributed by atoms with van der Waals surface area (Å²) in [7, 11) is 0. The molecule has 1 heterocycles. The number of hydrogen-bond donors (Lipinski definition) is 0. The quantitative estimate of drug-likeness (QED) is 0.690. The van der Waals surface area contributed by atoms with Crippen molar-refractivity contribution in [1.29, 1.82) is 0 Å². The van der Waals surface area contributed by atoms with Gasteiger partial charge in [0.1, 0.15) is 0 Å². The van der Waals surface area contributed by atoms with E-state index in [4.69, 9.17) is 0 Å². The Hall–Kier alpha value is -0.570. The van der Waals surface area contributed by atoms with Crippen LogP contribution in [0.5, 0.6) is 0 Å². The van der Waals surface area contributed by atoms with Crippen LogP contribution < -0.4 is 4.87 Å². The molecule has 0 aromatic carbocycles. The van der Waals surface area contributed by atoms with Crippen LogP contribution in [0.3, 0.4) is 0 Å². The standard InChI is InChI=1S/C15H27NOS/c1-13(2,3)10-11(14(4,5)6)18-12(17)16(10)15(7,8)9/h1-9H3. The number of aromatic nitrogens is 1. The van der Waals surface area contributed by atoms with E-state index in [1.54, 1.807) is 0 Å². The number of hydrogen-bond acceptors (Lipinski definition) is 2. The van der Waals surface area contributed by atoms with Crippen LogP contribution in [0.1, 0.15) is 72.9 Å². The molecule has 0 saturated heterocycles. The van der Waals surface area contributed by atoms with Crippen molar-refractivity contribution in [2.45, 2.75) is 78.7 Å². The highest BCUT2D eigenvalue weighted by Gasteiger charge is 2.34. The number of rotatable bonds is 0. The van der Waals surface area contributed by atoms with Gasteiger partial charge in [0.05, 0.1) is 0 Å². The van der Waals surface area contributed by atoms with Crippen molar-refractivity contribution >= 4 is 11.3 Å². The second-order valence-corrected chi connectivity index (χ2v) is 9.01. The minimum absolute atomic E-state index is 0.0168. The fourth-order valence-corrected chi connectivity index (χ4v) is 3.60. The maximum absolute atomic E-state index is 12.4. The van der Waals surface area contributed by atoms with Gasteiger partial charge in [-0.15, -0.1) is 0 Å². The molecule has 0 amide bonds. The third-order valence-electron chi connectivity index (χ3n) is 2.87. The topological polar surface area (TPSA) is 22.0 Å². The van der Waals surface area contributed by atoms with Gasteiger partial charge < -0.3 is 0 Å². The van der Waals surface area contributed by atoms with Gasteiger partial charge in [-0.2, -0.15) is 0 Å². The lowest BCUT2D eigenvalue weighted by molar-refractivity contribution is 0.347. The second kappa shape index (κ2) is 4.22. The molecular weight excluding hydrogens is 242 g/mol. The van der Waals surface area contributed by atoms with Gasteiger partial charge >= 0.3 is 4.87 Å². The maximum Gasteiger partial charge on any atom is 0.308 e. The summed E-state index contributed by atoms with van der Waals surface area (Å²) < 4.78 is 1.98. The third-order valence-corrected chi connectivity index (χ3v) is 4.24. The Kier molecular flexibility index (Phi) is 3.63. The Labute approximate surface area is 115 Å². The van der Waals surface area contributed by atoms with Gasteiger partial charge in [0.2, 0.25) is 0 Å². The van der Waals surface area contributed by atoms with Gasteiger partial charge in [-0.3, -0.25) is 9.36 Å². The molecule has 0 bridgehead atoms. The van der Waals surface area contributed by atoms with Crippen LogP contribution in [0.25, 0.3) is 0 Å². The van der Waals surface area contributed by atoms with Gasteiger partial charge in [-0.05, 0) is 26.2 Å². The molecule has 2 nitrogen and oxygen atoms in total. The normalized spacial score (nSPS) is 14.1. The average molecular weight is 269 g/mol. The predicted molar refractivity (Wildman–Crippen MR) is 81.0 cm³/mol. The summed E-state index contributed by atoms with van der Waals surface area (Å²) in [6.45, 7) is 19.4. The van der Waals surface area contributed by atoms with E-state index in [-0.39, 0.29) is 21.2 Å². The molecule has 0 atom stereocenters. The molecule has 0 spiro atoms. The van der Waals surface area contributed by atoms with E-state index in [2.05, 4.69) is 62.3 Å². The maximum atomic E-state index is 12.4. The molecular formula is C15H27NOS. The minimum atomic E-state index is -0.167. The first-order valence-electron chi connectivity index (χ1n) is 6.53. The van der Waals surface area contributed by atoms with Crippen LogP contribution in [0, 0.1) is 0 Å². The van der Waals surface area contributed by atoms with Crippen LogP contribution in [0.15, 0.2) is 4.79 Å². The molecule has 1 rings (SSSR count). The summed E-state index contributed by atoms with van der Waals surface area (Å²) in [6, 6.07) is 0. The van der Waals surface area contributed by atoms with E-state index in [1.807, 2.05) is 4.57 Å². The van der Waals surface area contributed by atoms with E-state index in [9.17, 15) is 4.79 Å². The Morgan fingerprint density at radius 2 is 1.28 bits per heavy atom. The van der Waals surface area contributed by atoms with Crippen LogP contribution in [0.2, 0.25) is 0 Å². The van der Waals surface area contributed by atoms with Crippen molar-refractivity contribution in [3.05, 3.63) is 20.2 Å². The monoisotopic (exact) mass is 269 g/mol. The minimum Gasteiger partial charge on any atom is -0.297 e. The first-order chi connectivity index (χ1) is 7.76. The lowest BCUT2D eigenvalue weighted by Crippen LogP contribution is -2.36. The highest BCUT2D eigenvalue weighted by atomic mass is 32.1. The van der Waals surface area contributed by atoms with Crippen molar-refractivity contribution in [2.24, 2.45) is 0 Å². The molecule has 1 aromatic rings. The summed E-state index contributed by atoms with van der Waals surface area (Å²) in [4.78, 5) is 13.8. The van der Waals surface area contributed by atoms with E-state index in [1.165, 1.54) is 21.9 Å². The van der Waals surface area contributed by atoms with Crippen molar-refractivity contribution in [1.82, 2.24) is 4.57 Å². The van der Waals surface area contributed by atoms with E-state index < -0.39 is 0 Å². The Morgan fingerprint density at radius 1 is 0.833 bits per heavy atom. The smallest absolute Gasteiger partial charge is 0.297 e. The fraction of sp³-hybridized carbons (Fsp3) is 0.800. The zero-order chi connectivity index (χ0) is 14.5. The van der Waals surface area contributed by atoms with Crippen molar-refractivity contribution in [2.75, 3.05) is 0 Å². The summed E-state index contributed by atoms with van der Waals surface area (Å²) in [5.41, 5.74) is 1.02. The second-order valence-electron chi connectivity index (χ2n) is 8.05. The van der Waals surface area contributed by atoms with Gasteiger partial charge in [0.25, 0.3) is 0 Å². The SMILES string of the molecule is CC(C)(C)c1sc(=O)n(C(C)(C)C)c1C(C)(C)C. The average Bonchev–Trinajstić information content (AvgIpc) is 2.39. The van der Waals surface area contributed by atoms with E-state index in [0.717, 1.165) is 0 Å². The van der Waals surface area contributed by atoms with E-state index >= 15 is 0 Å². The molecule has 0 aliphatic heterocycles. The van der Waals surface area contributed by atoms with Crippen LogP contribution in [0.4, 0.5) is 0 Å². The largest absolute Gasteiger partial charge is 0.308 e. The number of nitrogens with zero attached hydrogens (tertiary/aromatic N) is 1. The molecule has 0 N–H and O–H groups in total. The zero-order valence-corrected chi connectivity index (χ0v) is 14.1. The highest BCUT2D eigenvalue weighted by molar-refractivity contribution is 7.09. The van der Waals surface area contributed by atoms with Gasteiger partial charge in [0, 0.05) is 21.5 Å². The number of thiazole rings is 1. The van der Waals surface area contributed by atoms with E-state index in [0.29, 0.717) is 0 Å². The van der Waals surface area contributed by atoms with Crippen LogP contribution in [-0.4, -0.2) is 4.57 Å². The Morgan fingerprint density at radius 3 is 1.56 bits per heavy atom. The lowest BCUT2D eigenvalue weighted by Gasteiger charge is -2.32. The summed E-state index contributed by atoms with van der Waals surface area (Å²) in [5.74, 6) is 0. The van der Waals surface area contributed by atoms with Gasteiger partial charge in [0.15, 0.2) is 0 Å². The summed E-state index contributed by atoms with van der Waals surface area (Å²) in [6.07, 6.45) is 0. The Bertz CT molecular complexity index is 487. The highest BCUT2D eigenvalue weighted by Crippen LogP contribution is 2.37. The molecule has 0 fully saturated rings. The third kappa shape index (κ3) is 2.87. The van der Waals surface area contributed by atoms with Gasteiger partial charge in [-0.25, -0.2) is 0 Å². The first-order valence-corrected chi connectivity index (χ1v) is 7.35. The summed E-state index contributed by atoms with van der Waals surface area (Å²) >= 11 is 1.41. The molecule has 0 aliphatic rings. The molecule has 18 heavy (non-hydrogen) atoms. The van der Waals surface area contributed by atoms with Gasteiger partial charge in [-0.1, -0.05) is 52.9 Å². The van der Waals surface area contributed by atoms with Crippen molar-refractivity contribution in [3.63, 3.8) is 0 Å². The molecule has 1 aromatic heterocycles. The molecule has 0 unspecified atom stereocenters. The summed E-state index contributed by atoms with van der Waals surface area (Å²) in [5, 5.41) is 0. The van der Waals surface area contributed by atoms with Crippen molar-refractivity contribution in [3.8, 4) is 0 Å². The van der Waals surface area contributed by atoms with Crippen LogP contribution in [-0.2, 0) is 16.4 Å². The molecule has 0 aliphatic carbocycles. The lowest BCUT2D eigenvalue weighted by atomic mass is 9.82. The first kappa shape index (κ1) is 15.5. The molecule has 0 radical (unpaired) electrons. The molecule has 0 saturated carbocycles.